The van der Waals surface area contributed by atoms with Crippen LogP contribution in [0.2, 0.25) is 0 Å². The van der Waals surface area contributed by atoms with Crippen molar-refractivity contribution in [2.45, 2.75) is 24.6 Å². The number of aliphatic hydroxyl groups excluding tert-OH is 3. The summed E-state index contributed by atoms with van der Waals surface area (Å²) < 4.78 is 13.8. The van der Waals surface area contributed by atoms with Crippen molar-refractivity contribution in [3.05, 3.63) is 12.7 Å². The molecule has 4 atom stereocenters. The van der Waals surface area contributed by atoms with E-state index in [9.17, 15) is 9.90 Å². The normalized spacial score (nSPS) is 33.4. The molecule has 7 nitrogen and oxygen atoms in total. The van der Waals surface area contributed by atoms with Crippen molar-refractivity contribution in [2.24, 2.45) is 0 Å². The Morgan fingerprint density at radius 3 is 2.50 bits per heavy atom. The molecule has 3 N–H and O–H groups in total. The van der Waals surface area contributed by atoms with Crippen LogP contribution >= 0.6 is 0 Å². The number of carbonyl (C=O) groups is 1. The van der Waals surface area contributed by atoms with E-state index in [1.165, 1.54) is 6.08 Å². The molecule has 7 heteroatoms. The van der Waals surface area contributed by atoms with E-state index in [-0.39, 0.29) is 13.2 Å². The fourth-order valence-electron chi connectivity index (χ4n) is 1.19. The van der Waals surface area contributed by atoms with Gasteiger partial charge in [-0.1, -0.05) is 12.7 Å². The highest BCUT2D eigenvalue weighted by atomic mass is 16.7. The molecule has 1 unspecified atom stereocenters. The lowest BCUT2D eigenvalue weighted by Gasteiger charge is -2.13. The third-order valence-corrected chi connectivity index (χ3v) is 2.02. The summed E-state index contributed by atoms with van der Waals surface area (Å²) in [6, 6.07) is 0. The molecule has 0 saturated carbocycles. The third kappa shape index (κ3) is 3.17. The van der Waals surface area contributed by atoms with Crippen LogP contribution in [0.1, 0.15) is 0 Å². The molecule has 0 aromatic carbocycles. The summed E-state index contributed by atoms with van der Waals surface area (Å²) in [5.41, 5.74) is 0. The van der Waals surface area contributed by atoms with Gasteiger partial charge in [-0.2, -0.15) is 0 Å². The van der Waals surface area contributed by atoms with Crippen molar-refractivity contribution < 1.29 is 34.3 Å². The zero-order valence-electron chi connectivity index (χ0n) is 8.48. The molecule has 92 valence electrons. The molecule has 0 radical (unpaired) electrons. The Morgan fingerprint density at radius 1 is 1.31 bits per heavy atom. The van der Waals surface area contributed by atoms with Crippen LogP contribution in [0.4, 0.5) is 4.79 Å². The van der Waals surface area contributed by atoms with Crippen molar-refractivity contribution in [1.29, 1.82) is 0 Å². The maximum Gasteiger partial charge on any atom is 0.508 e. The molecule has 1 saturated heterocycles. The van der Waals surface area contributed by atoms with Crippen LogP contribution in [0.3, 0.4) is 0 Å². The summed E-state index contributed by atoms with van der Waals surface area (Å²) in [5.74, 6) is 0. The number of ether oxygens (including phenoxy) is 3. The van der Waals surface area contributed by atoms with Crippen LogP contribution in [0.15, 0.2) is 12.7 Å². The Bertz CT molecular complexity index is 254. The minimum Gasteiger partial charge on any atom is -0.431 e. The van der Waals surface area contributed by atoms with E-state index in [2.05, 4.69) is 16.1 Å². The van der Waals surface area contributed by atoms with Crippen LogP contribution < -0.4 is 0 Å². The summed E-state index contributed by atoms with van der Waals surface area (Å²) in [6.45, 7) is 3.04. The van der Waals surface area contributed by atoms with Gasteiger partial charge in [0.25, 0.3) is 0 Å². The van der Waals surface area contributed by atoms with Crippen LogP contribution in [0.5, 0.6) is 0 Å². The monoisotopic (exact) mass is 234 g/mol. The Balaban J connectivity index is 2.28. The smallest absolute Gasteiger partial charge is 0.431 e. The first-order valence-corrected chi connectivity index (χ1v) is 4.66. The van der Waals surface area contributed by atoms with E-state index < -0.39 is 30.8 Å². The summed E-state index contributed by atoms with van der Waals surface area (Å²) in [5, 5.41) is 27.5. The predicted molar refractivity (Wildman–Crippen MR) is 50.4 cm³/mol. The van der Waals surface area contributed by atoms with Crippen LogP contribution in [0, 0.1) is 0 Å². The van der Waals surface area contributed by atoms with Gasteiger partial charge in [-0.05, 0) is 0 Å². The van der Waals surface area contributed by atoms with E-state index in [4.69, 9.17) is 14.9 Å². The van der Waals surface area contributed by atoms with Crippen LogP contribution in [-0.2, 0) is 14.2 Å². The fourth-order valence-corrected chi connectivity index (χ4v) is 1.19. The van der Waals surface area contributed by atoms with E-state index in [0.29, 0.717) is 0 Å². The maximum absolute atomic E-state index is 10.9. The topological polar surface area (TPSA) is 105 Å². The zero-order chi connectivity index (χ0) is 12.1. The second-order valence-corrected chi connectivity index (χ2v) is 3.21. The highest BCUT2D eigenvalue weighted by Gasteiger charge is 2.42. The van der Waals surface area contributed by atoms with E-state index in [1.54, 1.807) is 0 Å². The molecule has 1 fully saturated rings. The molecule has 16 heavy (non-hydrogen) atoms. The maximum atomic E-state index is 10.9. The van der Waals surface area contributed by atoms with E-state index in [1.807, 2.05) is 0 Å². The van der Waals surface area contributed by atoms with Crippen LogP contribution in [0.25, 0.3) is 0 Å². The van der Waals surface area contributed by atoms with Crippen LogP contribution in [-0.4, -0.2) is 59.3 Å². The number of aliphatic hydroxyl groups is 3. The van der Waals surface area contributed by atoms with Gasteiger partial charge in [0, 0.05) is 0 Å². The molecule has 0 spiro atoms. The summed E-state index contributed by atoms with van der Waals surface area (Å²) in [4.78, 5) is 10.9. The average Bonchev–Trinajstić information content (AvgIpc) is 2.51. The number of hydrogen-bond acceptors (Lipinski definition) is 7. The minimum atomic E-state index is -1.48. The highest BCUT2D eigenvalue weighted by molar-refractivity contribution is 5.59. The average molecular weight is 234 g/mol. The molecule has 0 aromatic rings. The van der Waals surface area contributed by atoms with Gasteiger partial charge in [0.05, 0.1) is 0 Å². The van der Waals surface area contributed by atoms with Crippen molar-refractivity contribution in [1.82, 2.24) is 0 Å². The number of hydrogen-bond donors (Lipinski definition) is 3. The van der Waals surface area contributed by atoms with Gasteiger partial charge in [-0.15, -0.1) is 0 Å². The Morgan fingerprint density at radius 2 is 2.00 bits per heavy atom. The zero-order valence-corrected chi connectivity index (χ0v) is 8.48. The predicted octanol–water partition coefficient (Wildman–Crippen LogP) is -1.24. The van der Waals surface area contributed by atoms with Gasteiger partial charge < -0.3 is 29.5 Å². The second-order valence-electron chi connectivity index (χ2n) is 3.21. The van der Waals surface area contributed by atoms with Crippen molar-refractivity contribution >= 4 is 6.16 Å². The largest absolute Gasteiger partial charge is 0.508 e. The van der Waals surface area contributed by atoms with Gasteiger partial charge >= 0.3 is 6.16 Å². The lowest BCUT2D eigenvalue weighted by Crippen LogP contribution is -2.34. The molecule has 0 bridgehead atoms. The van der Waals surface area contributed by atoms with Gasteiger partial charge in [-0.3, -0.25) is 0 Å². The van der Waals surface area contributed by atoms with Crippen molar-refractivity contribution in [2.75, 3.05) is 13.2 Å². The lowest BCUT2D eigenvalue weighted by molar-refractivity contribution is -0.134. The minimum absolute atomic E-state index is 0.0121. The fraction of sp³-hybridized carbons (Fsp3) is 0.667. The molecular formula is C9H14O7. The van der Waals surface area contributed by atoms with Gasteiger partial charge in [0.2, 0.25) is 0 Å². The summed E-state index contributed by atoms with van der Waals surface area (Å²) in [7, 11) is 0. The van der Waals surface area contributed by atoms with Gasteiger partial charge in [0.1, 0.15) is 31.5 Å². The van der Waals surface area contributed by atoms with Gasteiger partial charge in [0.15, 0.2) is 6.29 Å². The first-order valence-electron chi connectivity index (χ1n) is 4.66. The molecule has 0 aromatic heterocycles. The third-order valence-electron chi connectivity index (χ3n) is 2.02. The lowest BCUT2D eigenvalue weighted by atomic mass is 10.1. The Kier molecular flexibility index (Phi) is 4.69. The van der Waals surface area contributed by atoms with E-state index >= 15 is 0 Å². The standard InChI is InChI=1S/C9H14O7/c1-2-3-14-9(13)15-4-5-6(10)7(11)8(12)16-5/h2,5-8,10-12H,1,3-4H2/t5-,6-,7-,8?/m1/s1. The van der Waals surface area contributed by atoms with Crippen molar-refractivity contribution in [3.8, 4) is 0 Å². The Labute approximate surface area is 91.8 Å². The van der Waals surface area contributed by atoms with Crippen molar-refractivity contribution in [3.63, 3.8) is 0 Å². The number of carbonyl (C=O) groups excluding carboxylic acids is 1. The van der Waals surface area contributed by atoms with E-state index in [0.717, 1.165) is 0 Å². The first kappa shape index (κ1) is 12.9. The highest BCUT2D eigenvalue weighted by Crippen LogP contribution is 2.19. The molecule has 1 aliphatic rings. The molecule has 1 heterocycles. The summed E-state index contributed by atoms with van der Waals surface area (Å²) in [6.07, 6.45) is -4.73. The first-order chi connectivity index (χ1) is 7.56. The quantitative estimate of drug-likeness (QED) is 0.413. The SMILES string of the molecule is C=CCOC(=O)OC[C@H]1OC(O)[C@H](O)[C@@H]1O. The van der Waals surface area contributed by atoms with Gasteiger partial charge in [-0.25, -0.2) is 4.79 Å². The molecule has 1 aliphatic heterocycles. The molecule has 1 rings (SSSR count). The number of rotatable bonds is 4. The molecule has 0 aliphatic carbocycles. The Hall–Kier alpha value is -1.15. The summed E-state index contributed by atoms with van der Waals surface area (Å²) >= 11 is 0. The second kappa shape index (κ2) is 5.80. The molecular weight excluding hydrogens is 220 g/mol. The molecule has 0 amide bonds.